The Labute approximate surface area is 740 Å². The number of aliphatic hydroxyl groups excluding tert-OH is 6. The number of benzene rings is 3. The normalized spacial score (nSPS) is 27.8. The van der Waals surface area contributed by atoms with Crippen LogP contribution in [-0.2, 0) is 35.5 Å². The molecule has 126 heavy (non-hydrogen) atoms. The van der Waals surface area contributed by atoms with E-state index in [9.17, 15) is 30.6 Å². The summed E-state index contributed by atoms with van der Waals surface area (Å²) in [5, 5.41) is 69.1. The predicted molar refractivity (Wildman–Crippen MR) is 497 cm³/mol. The Balaban J connectivity index is 0.000000128. The van der Waals surface area contributed by atoms with Crippen molar-refractivity contribution in [2.75, 3.05) is 49.9 Å². The van der Waals surface area contributed by atoms with E-state index in [1.165, 1.54) is 106 Å². The molecule has 20 rings (SSSR count). The molecule has 0 aliphatic heterocycles. The number of hydrogen-bond acceptors (Lipinski definition) is 21. The van der Waals surface area contributed by atoms with Crippen LogP contribution in [0.15, 0.2) is 110 Å². The molecule has 9 heterocycles. The van der Waals surface area contributed by atoms with Gasteiger partial charge in [0, 0.05) is 112 Å². The van der Waals surface area contributed by atoms with Crippen molar-refractivity contribution in [3.63, 3.8) is 0 Å². The summed E-state index contributed by atoms with van der Waals surface area (Å²) < 4.78 is 5.93. The van der Waals surface area contributed by atoms with Crippen LogP contribution in [0.4, 0.5) is 17.5 Å². The molecule has 8 saturated carbocycles. The minimum Gasteiger partial charge on any atom is -0.390 e. The van der Waals surface area contributed by atoms with Crippen LogP contribution in [0.2, 0.25) is 0 Å². The number of nitrogens with two attached hydrogens (primary N) is 3. The maximum Gasteiger partial charge on any atom is 0.145 e. The van der Waals surface area contributed by atoms with Gasteiger partial charge in [0.25, 0.3) is 0 Å². The van der Waals surface area contributed by atoms with Crippen LogP contribution >= 0.6 is 0 Å². The molecular formula is C99H137N21O6. The first-order valence-electron chi connectivity index (χ1n) is 47.3. The fourth-order valence-electron chi connectivity index (χ4n) is 22.1. The lowest BCUT2D eigenvalue weighted by Gasteiger charge is -2.50. The van der Waals surface area contributed by atoms with Crippen LogP contribution in [0, 0.1) is 47.3 Å². The standard InChI is InChI=1S/2C33H45N7O2.C33H47N7O2/c1-33(2,3)22-7-8-25-26(15-22)38-28(37-25)9-6-20-12-23(13-20)39(16-19-4-5-19)17-21-14-27(30(42)29(21)41)40-11-10-24-31(34)35-18-36-32(24)40;1-33(2,3)21-8-9-25-26(16-21)38-28(37-25)10-7-19-13-23(14-19)40(22-5-4-6-22)17-20-15-27(30(42)29(20)41)39-12-11-24-31(34)35-18-36-32(24)39;1-19(2)16-39(17-21-14-27(30(42)29(21)41)40-11-10-24-31(34)35-18-36-32(24)40)23-12-20(13-23)6-9-28-37-25-8-7-22(33(3,4)5)15-26(25)38-28/h7-8,10-11,15,18-21,23,27,29-30,41-42H,4-6,9,12-14,16-17H2,1-3H3,(H,37,38)(H2,34,35,36);8-9,11-12,16,18-20,22-23,27,29-30,41-42H,4-7,10,13-15,17H2,1-3H3,(H,37,38)(H2,34,35,36);7-8,10-11,15,18-21,23,27,29-30,41-42H,6,9,12-14,16-17H2,1-5H3,(H,37,38)(H2,34,35,36)/t20?,21-,23?,27-,29-,30+;19?,20-,23?,27-,29-,30+;20?,21-,23?,27-,29-,30+/m111/s1. The van der Waals surface area contributed by atoms with Crippen LogP contribution in [0.25, 0.3) is 66.2 Å². The number of aryl methyl sites for hydroxylation is 3. The lowest BCUT2D eigenvalue weighted by Crippen LogP contribution is -2.54. The van der Waals surface area contributed by atoms with Crippen molar-refractivity contribution < 1.29 is 30.6 Å². The number of aromatic nitrogens is 15. The minimum absolute atomic E-state index is 0.00651. The number of aromatic amines is 3. The molecule has 0 amide bonds. The second-order valence-electron chi connectivity index (χ2n) is 42.9. The monoisotopic (exact) mass is 1720 g/mol. The highest BCUT2D eigenvalue weighted by Crippen LogP contribution is 2.48. The van der Waals surface area contributed by atoms with E-state index >= 15 is 0 Å². The van der Waals surface area contributed by atoms with E-state index in [4.69, 9.17) is 32.2 Å². The van der Waals surface area contributed by atoms with Crippen molar-refractivity contribution in [2.24, 2.45) is 47.3 Å². The Morgan fingerprint density at radius 2 is 0.730 bits per heavy atom. The summed E-state index contributed by atoms with van der Waals surface area (Å²) in [6.45, 7) is 29.3. The van der Waals surface area contributed by atoms with Gasteiger partial charge in [0.2, 0.25) is 0 Å². The van der Waals surface area contributed by atoms with E-state index in [2.05, 4.69) is 190 Å². The second kappa shape index (κ2) is 35.4. The van der Waals surface area contributed by atoms with Crippen molar-refractivity contribution >= 4 is 83.7 Å². The molecule has 27 heteroatoms. The molecule has 12 atom stereocenters. The Kier molecular flexibility index (Phi) is 24.7. The van der Waals surface area contributed by atoms with E-state index in [0.717, 1.165) is 168 Å². The van der Waals surface area contributed by atoms with Crippen LogP contribution in [0.1, 0.15) is 238 Å². The van der Waals surface area contributed by atoms with Gasteiger partial charge in [-0.3, -0.25) is 14.7 Å². The molecule has 674 valence electrons. The first kappa shape index (κ1) is 87.6. The van der Waals surface area contributed by atoms with E-state index in [1.54, 1.807) is 0 Å². The number of nitrogen functional groups attached to an aromatic ring is 3. The minimum atomic E-state index is -0.847. The highest BCUT2D eigenvalue weighted by Gasteiger charge is 2.50. The smallest absolute Gasteiger partial charge is 0.145 e. The number of hydrogen-bond donors (Lipinski definition) is 12. The van der Waals surface area contributed by atoms with Gasteiger partial charge >= 0.3 is 0 Å². The third-order valence-corrected chi connectivity index (χ3v) is 30.4. The van der Waals surface area contributed by atoms with Crippen molar-refractivity contribution in [1.29, 1.82) is 0 Å². The highest BCUT2D eigenvalue weighted by molar-refractivity contribution is 5.88. The van der Waals surface area contributed by atoms with Gasteiger partial charge in [0.05, 0.1) is 85.7 Å². The molecule has 0 bridgehead atoms. The maximum absolute atomic E-state index is 11.2. The number of H-pyrrole nitrogens is 3. The average Bonchev–Trinajstić information content (AvgIpc) is 1.61. The Bertz CT molecular complexity index is 5540. The van der Waals surface area contributed by atoms with Crippen molar-refractivity contribution in [3.8, 4) is 0 Å². The summed E-state index contributed by atoms with van der Waals surface area (Å²) in [4.78, 5) is 58.8. The number of aliphatic hydroxyl groups is 6. The molecule has 15 N–H and O–H groups in total. The summed E-state index contributed by atoms with van der Waals surface area (Å²) in [6.07, 6.45) is 27.4. The first-order valence-corrected chi connectivity index (χ1v) is 47.3. The summed E-state index contributed by atoms with van der Waals surface area (Å²) in [5.41, 5.74) is 31.2. The van der Waals surface area contributed by atoms with Crippen molar-refractivity contribution in [1.82, 2.24) is 88.2 Å². The number of nitrogens with zero attached hydrogens (tertiary/aromatic N) is 15. The zero-order chi connectivity index (χ0) is 88.1. The lowest BCUT2D eigenvalue weighted by molar-refractivity contribution is -0.0338. The lowest BCUT2D eigenvalue weighted by atomic mass is 9.74. The van der Waals surface area contributed by atoms with Gasteiger partial charge in [-0.15, -0.1) is 0 Å². The van der Waals surface area contributed by atoms with Crippen LogP contribution in [-0.4, -0.2) is 212 Å². The predicted octanol–water partition coefficient (Wildman–Crippen LogP) is 14.2. The molecule has 0 radical (unpaired) electrons. The zero-order valence-corrected chi connectivity index (χ0v) is 75.8. The number of imidazole rings is 3. The van der Waals surface area contributed by atoms with Gasteiger partial charge in [-0.05, 0) is 220 Å². The van der Waals surface area contributed by atoms with Crippen LogP contribution in [0.3, 0.4) is 0 Å². The second-order valence-corrected chi connectivity index (χ2v) is 42.9. The quantitative estimate of drug-likeness (QED) is 0.0239. The maximum atomic E-state index is 11.2. The fourth-order valence-corrected chi connectivity index (χ4v) is 22.1. The average molecular weight is 1720 g/mol. The molecule has 0 unspecified atom stereocenters. The van der Waals surface area contributed by atoms with E-state index in [0.29, 0.717) is 77.4 Å². The Hall–Kier alpha value is -9.03. The van der Waals surface area contributed by atoms with Gasteiger partial charge < -0.3 is 76.5 Å². The van der Waals surface area contributed by atoms with E-state index in [1.807, 2.05) is 50.5 Å². The number of anilines is 3. The first-order chi connectivity index (χ1) is 60.3. The molecule has 3 aromatic carbocycles. The molecule has 0 spiro atoms. The SMILES string of the molecule is CC(C)(C)c1ccc2nc(CCC3CC(N(CC4CC4)C[C@H]4C[C@@H](n5ccc6c(N)ncnc65)[C@H](O)[C@@H]4O)C3)[nH]c2c1.CC(C)(C)c1ccc2nc(CCC3CC(N(C[C@H]4C[C@@H](n5ccc6c(N)ncnc65)[C@H](O)[C@@H]4O)C4CCC4)C3)[nH]c2c1.CC(C)CN(C[C@H]1C[C@@H](n2ccc3c(N)ncnc32)[C@H](O)[C@@H]1O)C1CC(CCc2nc3ccc(C(C)(C)C)cc3[nH]2)C1. The molecule has 27 nitrogen and oxygen atoms in total. The highest BCUT2D eigenvalue weighted by atomic mass is 16.3. The molecule has 9 aromatic heterocycles. The summed E-state index contributed by atoms with van der Waals surface area (Å²) in [5.74, 6) is 8.03. The Morgan fingerprint density at radius 3 is 1.06 bits per heavy atom. The van der Waals surface area contributed by atoms with Gasteiger partial charge in [0.1, 0.15) is 89.2 Å². The molecule has 8 fully saturated rings. The molecule has 8 aliphatic carbocycles. The van der Waals surface area contributed by atoms with Gasteiger partial charge in [0.15, 0.2) is 0 Å². The number of fused-ring (bicyclic) bond motifs is 6. The van der Waals surface area contributed by atoms with E-state index < -0.39 is 36.6 Å². The van der Waals surface area contributed by atoms with Crippen LogP contribution < -0.4 is 17.2 Å². The largest absolute Gasteiger partial charge is 0.390 e. The number of rotatable bonds is 26. The van der Waals surface area contributed by atoms with Crippen molar-refractivity contribution in [3.05, 3.63) is 145 Å². The third-order valence-electron chi connectivity index (χ3n) is 30.4. The zero-order valence-electron chi connectivity index (χ0n) is 75.8. The number of nitrogens with one attached hydrogen (secondary N) is 3. The summed E-state index contributed by atoms with van der Waals surface area (Å²) in [6, 6.07) is 27.0. The molecule has 12 aromatic rings. The van der Waals surface area contributed by atoms with Crippen LogP contribution in [0.5, 0.6) is 0 Å². The van der Waals surface area contributed by atoms with Gasteiger partial charge in [-0.25, -0.2) is 44.9 Å². The van der Waals surface area contributed by atoms with Crippen molar-refractivity contribution in [2.45, 2.75) is 300 Å². The van der Waals surface area contributed by atoms with Gasteiger partial charge in [-0.1, -0.05) is 101 Å². The third kappa shape index (κ3) is 18.4. The molecule has 8 aliphatic rings. The summed E-state index contributed by atoms with van der Waals surface area (Å²) in [7, 11) is 0. The van der Waals surface area contributed by atoms with Gasteiger partial charge in [-0.2, -0.15) is 0 Å². The molecule has 0 saturated heterocycles. The van der Waals surface area contributed by atoms with E-state index in [-0.39, 0.29) is 52.1 Å². The summed E-state index contributed by atoms with van der Waals surface area (Å²) >= 11 is 0. The fraction of sp³-hybridized carbons (Fsp3) is 0.606. The molecular weight excluding hydrogens is 1580 g/mol. The topological polar surface area (TPSA) is 387 Å². The Morgan fingerprint density at radius 1 is 0.389 bits per heavy atom.